The summed E-state index contributed by atoms with van der Waals surface area (Å²) in [5, 5.41) is 7.57. The lowest BCUT2D eigenvalue weighted by Gasteiger charge is -2.00. The summed E-state index contributed by atoms with van der Waals surface area (Å²) in [5.74, 6) is 0. The van der Waals surface area contributed by atoms with Crippen LogP contribution in [0.2, 0.25) is 0 Å². The van der Waals surface area contributed by atoms with Crippen molar-refractivity contribution in [1.82, 2.24) is 0 Å². The van der Waals surface area contributed by atoms with Crippen LogP contribution in [0.3, 0.4) is 0 Å². The molecule has 0 fully saturated rings. The Morgan fingerprint density at radius 3 is 1.38 bits per heavy atom. The third-order valence-electron chi connectivity index (χ3n) is 2.09. The van der Waals surface area contributed by atoms with Gasteiger partial charge in [-0.3, -0.25) is 0 Å². The fraction of sp³-hybridized carbons (Fsp3) is 0.200. The number of benzene rings is 2. The van der Waals surface area contributed by atoms with Crippen molar-refractivity contribution < 1.29 is 5.11 Å². The molecule has 0 unspecified atom stereocenters. The Kier molecular flexibility index (Phi) is 5.97. The van der Waals surface area contributed by atoms with Gasteiger partial charge >= 0.3 is 0 Å². The fourth-order valence-corrected chi connectivity index (χ4v) is 1.43. The fourth-order valence-electron chi connectivity index (χ4n) is 1.43. The Hall–Kier alpha value is -1.60. The molecular weight excluding hydrogens is 196 g/mol. The van der Waals surface area contributed by atoms with Crippen LogP contribution in [-0.4, -0.2) is 11.7 Å². The first-order valence-corrected chi connectivity index (χ1v) is 5.55. The van der Waals surface area contributed by atoms with E-state index in [4.69, 9.17) is 5.11 Å². The molecule has 1 N–H and O–H groups in total. The molecule has 0 heterocycles. The molecule has 0 spiro atoms. The smallest absolute Gasteiger partial charge is 0.0402 e. The van der Waals surface area contributed by atoms with E-state index >= 15 is 0 Å². The lowest BCUT2D eigenvalue weighted by atomic mass is 10.1. The van der Waals surface area contributed by atoms with Gasteiger partial charge in [0.05, 0.1) is 0 Å². The normalized spacial score (nSPS) is 9.12. The maximum absolute atomic E-state index is 7.57. The molecule has 0 aliphatic carbocycles. The second kappa shape index (κ2) is 7.66. The van der Waals surface area contributed by atoms with Gasteiger partial charge in [0.1, 0.15) is 0 Å². The Balaban J connectivity index is 0.000000386. The summed E-state index contributed by atoms with van der Waals surface area (Å²) < 4.78 is 0. The molecule has 1 heteroatoms. The minimum absolute atomic E-state index is 0.250. The van der Waals surface area contributed by atoms with Crippen molar-refractivity contribution in [2.24, 2.45) is 0 Å². The van der Waals surface area contributed by atoms with Crippen LogP contribution in [0.15, 0.2) is 60.7 Å². The predicted molar refractivity (Wildman–Crippen MR) is 68.4 cm³/mol. The molecule has 0 aliphatic rings. The van der Waals surface area contributed by atoms with Gasteiger partial charge in [-0.2, -0.15) is 0 Å². The molecule has 2 aromatic carbocycles. The van der Waals surface area contributed by atoms with E-state index in [1.165, 1.54) is 11.1 Å². The van der Waals surface area contributed by atoms with Crippen molar-refractivity contribution in [3.8, 4) is 0 Å². The maximum Gasteiger partial charge on any atom is 0.0402 e. The number of hydrogen-bond acceptors (Lipinski definition) is 1. The topological polar surface area (TPSA) is 20.2 Å². The molecule has 0 aromatic heterocycles. The summed E-state index contributed by atoms with van der Waals surface area (Å²) in [7, 11) is 0. The van der Waals surface area contributed by atoms with E-state index in [1.54, 1.807) is 6.92 Å². The summed E-state index contributed by atoms with van der Waals surface area (Å²) in [6.45, 7) is 1.93. The van der Waals surface area contributed by atoms with Crippen molar-refractivity contribution in [1.29, 1.82) is 0 Å². The minimum atomic E-state index is 0.250. The zero-order chi connectivity index (χ0) is 11.6. The molecule has 0 aliphatic heterocycles. The van der Waals surface area contributed by atoms with Gasteiger partial charge in [-0.25, -0.2) is 0 Å². The van der Waals surface area contributed by atoms with E-state index in [-0.39, 0.29) is 6.61 Å². The van der Waals surface area contributed by atoms with Gasteiger partial charge in [-0.1, -0.05) is 60.7 Å². The lowest BCUT2D eigenvalue weighted by molar-refractivity contribution is 0.318. The summed E-state index contributed by atoms with van der Waals surface area (Å²) >= 11 is 0. The molecule has 0 saturated carbocycles. The molecule has 84 valence electrons. The number of hydrogen-bond donors (Lipinski definition) is 1. The van der Waals surface area contributed by atoms with E-state index in [0.717, 1.165) is 6.42 Å². The summed E-state index contributed by atoms with van der Waals surface area (Å²) in [5.41, 5.74) is 2.74. The Morgan fingerprint density at radius 1 is 0.750 bits per heavy atom. The standard InChI is InChI=1S/C13H12.C2H6O/c1-3-7-12(8-4-1)11-13-9-5-2-6-10-13;1-2-3/h1-10H,11H2;3H,2H2,1H3. The van der Waals surface area contributed by atoms with Crippen LogP contribution >= 0.6 is 0 Å². The highest BCUT2D eigenvalue weighted by molar-refractivity contribution is 5.25. The molecular formula is C15H18O. The van der Waals surface area contributed by atoms with Crippen molar-refractivity contribution in [2.45, 2.75) is 13.3 Å². The second-order valence-electron chi connectivity index (χ2n) is 3.46. The Labute approximate surface area is 97.4 Å². The van der Waals surface area contributed by atoms with E-state index in [0.29, 0.717) is 0 Å². The number of aliphatic hydroxyl groups excluding tert-OH is 1. The third kappa shape index (κ3) is 4.76. The van der Waals surface area contributed by atoms with Crippen LogP contribution in [0.1, 0.15) is 18.1 Å². The molecule has 2 rings (SSSR count). The molecule has 0 radical (unpaired) electrons. The van der Waals surface area contributed by atoms with E-state index < -0.39 is 0 Å². The molecule has 0 amide bonds. The van der Waals surface area contributed by atoms with E-state index in [1.807, 2.05) is 0 Å². The van der Waals surface area contributed by atoms with Crippen molar-refractivity contribution in [2.75, 3.05) is 6.61 Å². The highest BCUT2D eigenvalue weighted by atomic mass is 16.2. The number of aliphatic hydroxyl groups is 1. The van der Waals surface area contributed by atoms with Crippen LogP contribution in [0.5, 0.6) is 0 Å². The molecule has 0 atom stereocenters. The van der Waals surface area contributed by atoms with Crippen LogP contribution < -0.4 is 0 Å². The largest absolute Gasteiger partial charge is 0.397 e. The van der Waals surface area contributed by atoms with Crippen LogP contribution in [-0.2, 0) is 6.42 Å². The van der Waals surface area contributed by atoms with Crippen molar-refractivity contribution >= 4 is 0 Å². The molecule has 2 aromatic rings. The zero-order valence-corrected chi connectivity index (χ0v) is 9.63. The van der Waals surface area contributed by atoms with E-state index in [9.17, 15) is 0 Å². The first-order valence-electron chi connectivity index (χ1n) is 5.55. The first kappa shape index (κ1) is 12.5. The lowest BCUT2D eigenvalue weighted by Crippen LogP contribution is -1.85. The quantitative estimate of drug-likeness (QED) is 0.813. The average molecular weight is 214 g/mol. The van der Waals surface area contributed by atoms with Gasteiger partial charge in [0.15, 0.2) is 0 Å². The monoisotopic (exact) mass is 214 g/mol. The van der Waals surface area contributed by atoms with Crippen molar-refractivity contribution in [3.05, 3.63) is 71.8 Å². The van der Waals surface area contributed by atoms with Crippen LogP contribution in [0.4, 0.5) is 0 Å². The average Bonchev–Trinajstić information content (AvgIpc) is 2.33. The zero-order valence-electron chi connectivity index (χ0n) is 9.63. The highest BCUT2D eigenvalue weighted by Crippen LogP contribution is 2.07. The summed E-state index contributed by atoms with van der Waals surface area (Å²) in [6, 6.07) is 21.1. The van der Waals surface area contributed by atoms with Gasteiger partial charge in [0.25, 0.3) is 0 Å². The molecule has 16 heavy (non-hydrogen) atoms. The maximum atomic E-state index is 7.57. The van der Waals surface area contributed by atoms with Crippen LogP contribution in [0.25, 0.3) is 0 Å². The Bertz CT molecular complexity index is 330. The van der Waals surface area contributed by atoms with Gasteiger partial charge in [0.2, 0.25) is 0 Å². The van der Waals surface area contributed by atoms with Crippen LogP contribution in [0, 0.1) is 0 Å². The third-order valence-corrected chi connectivity index (χ3v) is 2.09. The SMILES string of the molecule is CCO.c1ccc(Cc2ccccc2)cc1. The predicted octanol–water partition coefficient (Wildman–Crippen LogP) is 3.28. The van der Waals surface area contributed by atoms with Gasteiger partial charge in [-0.15, -0.1) is 0 Å². The van der Waals surface area contributed by atoms with Gasteiger partial charge in [0, 0.05) is 6.61 Å². The number of rotatable bonds is 2. The molecule has 1 nitrogen and oxygen atoms in total. The van der Waals surface area contributed by atoms with Gasteiger partial charge < -0.3 is 5.11 Å². The molecule has 0 bridgehead atoms. The Morgan fingerprint density at radius 2 is 1.06 bits per heavy atom. The van der Waals surface area contributed by atoms with Gasteiger partial charge in [-0.05, 0) is 24.5 Å². The second-order valence-corrected chi connectivity index (χ2v) is 3.46. The minimum Gasteiger partial charge on any atom is -0.397 e. The molecule has 0 saturated heterocycles. The highest BCUT2D eigenvalue weighted by Gasteiger charge is 1.92. The van der Waals surface area contributed by atoms with Crippen molar-refractivity contribution in [3.63, 3.8) is 0 Å². The summed E-state index contributed by atoms with van der Waals surface area (Å²) in [4.78, 5) is 0. The van der Waals surface area contributed by atoms with E-state index in [2.05, 4.69) is 60.7 Å². The summed E-state index contributed by atoms with van der Waals surface area (Å²) in [6.07, 6.45) is 1.03. The first-order chi connectivity index (χ1) is 7.86.